The number of halogens is 1. The van der Waals surface area contributed by atoms with Gasteiger partial charge in [-0.2, -0.15) is 0 Å². The predicted molar refractivity (Wildman–Crippen MR) is 97.1 cm³/mol. The number of nitrogens with two attached hydrogens (primary N) is 1. The Hall–Kier alpha value is -1.72. The molecule has 24 heavy (non-hydrogen) atoms. The molecule has 0 saturated carbocycles. The smallest absolute Gasteiger partial charge is 0.339 e. The summed E-state index contributed by atoms with van der Waals surface area (Å²) in [6.07, 6.45) is 8.21. The Kier molecular flexibility index (Phi) is 6.52. The molecular weight excluding hydrogens is 328 g/mol. The van der Waals surface area contributed by atoms with Gasteiger partial charge in [-0.3, -0.25) is 4.90 Å². The van der Waals surface area contributed by atoms with Crippen molar-refractivity contribution in [2.24, 2.45) is 0 Å². The van der Waals surface area contributed by atoms with Gasteiger partial charge in [-0.15, -0.1) is 0 Å². The van der Waals surface area contributed by atoms with E-state index in [2.05, 4.69) is 24.0 Å². The second kappa shape index (κ2) is 8.40. The molecule has 0 amide bonds. The minimum atomic E-state index is -1.07. The van der Waals surface area contributed by atoms with Crippen LogP contribution in [0, 0.1) is 0 Å². The van der Waals surface area contributed by atoms with Gasteiger partial charge in [-0.25, -0.2) is 4.79 Å². The van der Waals surface area contributed by atoms with Crippen LogP contribution in [0.1, 0.15) is 42.1 Å². The van der Waals surface area contributed by atoms with Gasteiger partial charge in [0.1, 0.15) is 11.3 Å². The van der Waals surface area contributed by atoms with Crippen LogP contribution in [0.4, 0.5) is 5.69 Å². The molecule has 5 nitrogen and oxygen atoms in total. The van der Waals surface area contributed by atoms with E-state index in [0.29, 0.717) is 23.4 Å². The Morgan fingerprint density at radius 3 is 2.92 bits per heavy atom. The molecule has 1 aliphatic rings. The lowest BCUT2D eigenvalue weighted by atomic mass is 9.96. The third-order valence-electron chi connectivity index (χ3n) is 4.43. The monoisotopic (exact) mass is 352 g/mol. The maximum Gasteiger partial charge on any atom is 0.339 e. The minimum Gasteiger partial charge on any atom is -0.495 e. The maximum absolute atomic E-state index is 11.5. The molecule has 0 aromatic heterocycles. The average Bonchev–Trinajstić information content (AvgIpc) is 2.57. The van der Waals surface area contributed by atoms with Crippen LogP contribution < -0.4 is 10.5 Å². The highest BCUT2D eigenvalue weighted by atomic mass is 35.5. The third kappa shape index (κ3) is 4.02. The van der Waals surface area contributed by atoms with E-state index in [1.54, 1.807) is 0 Å². The first-order valence-corrected chi connectivity index (χ1v) is 8.66. The average molecular weight is 353 g/mol. The second-order valence-corrected chi connectivity index (χ2v) is 6.42. The number of carboxylic acid groups (broad SMARTS) is 1. The number of hydrogen-bond donors (Lipinski definition) is 2. The van der Waals surface area contributed by atoms with Gasteiger partial charge < -0.3 is 15.6 Å². The van der Waals surface area contributed by atoms with Gasteiger partial charge in [-0.1, -0.05) is 37.1 Å². The molecule has 6 heteroatoms. The number of hydrogen-bond acceptors (Lipinski definition) is 4. The molecule has 1 atom stereocenters. The van der Waals surface area contributed by atoms with Crippen LogP contribution in [-0.2, 0) is 6.42 Å². The van der Waals surface area contributed by atoms with E-state index >= 15 is 0 Å². The summed E-state index contributed by atoms with van der Waals surface area (Å²) in [5.74, 6) is -0.768. The van der Waals surface area contributed by atoms with Crippen LogP contribution in [0.15, 0.2) is 18.2 Å². The lowest BCUT2D eigenvalue weighted by Gasteiger charge is -2.33. The van der Waals surface area contributed by atoms with Crippen LogP contribution in [-0.4, -0.2) is 42.2 Å². The zero-order valence-corrected chi connectivity index (χ0v) is 15.0. The highest BCUT2D eigenvalue weighted by molar-refractivity contribution is 6.33. The van der Waals surface area contributed by atoms with Crippen molar-refractivity contribution in [3.05, 3.63) is 34.4 Å². The van der Waals surface area contributed by atoms with Crippen LogP contribution in [0.25, 0.3) is 0 Å². The highest BCUT2D eigenvalue weighted by Crippen LogP contribution is 2.36. The molecule has 0 fully saturated rings. The molecule has 1 aromatic carbocycles. The number of anilines is 1. The number of carbonyl (C=O) groups is 1. The van der Waals surface area contributed by atoms with Crippen molar-refractivity contribution in [3.8, 4) is 5.75 Å². The number of rotatable bonds is 7. The number of aromatic carboxylic acids is 1. The summed E-state index contributed by atoms with van der Waals surface area (Å²) >= 11 is 6.15. The van der Waals surface area contributed by atoms with Gasteiger partial charge in [0.2, 0.25) is 0 Å². The van der Waals surface area contributed by atoms with Gasteiger partial charge >= 0.3 is 5.97 Å². The van der Waals surface area contributed by atoms with E-state index in [1.807, 2.05) is 0 Å². The molecular formula is C18H25ClN2O3. The van der Waals surface area contributed by atoms with Gasteiger partial charge in [0.15, 0.2) is 0 Å². The lowest BCUT2D eigenvalue weighted by Crippen LogP contribution is -2.39. The molecule has 2 rings (SSSR count). The summed E-state index contributed by atoms with van der Waals surface area (Å²) in [6, 6.07) is 1.52. The molecule has 1 aromatic rings. The number of methoxy groups -OCH3 is 1. The first-order valence-electron chi connectivity index (χ1n) is 8.28. The van der Waals surface area contributed by atoms with Crippen LogP contribution in [0.2, 0.25) is 5.02 Å². The minimum absolute atomic E-state index is 0.0478. The van der Waals surface area contributed by atoms with Gasteiger partial charge in [0.05, 0.1) is 17.8 Å². The summed E-state index contributed by atoms with van der Waals surface area (Å²) in [4.78, 5) is 13.9. The standard InChI is InChI=1S/C18H25ClN2O3/c1-3-4-8-21-9-6-5-7-12(21)10-13-16(20)15(19)11-14(18(22)23)17(13)24-2/h5,7,11-12H,3-4,6,8-10,20H2,1-2H3,(H,22,23). The van der Waals surface area contributed by atoms with Gasteiger partial charge in [0.25, 0.3) is 0 Å². The summed E-state index contributed by atoms with van der Waals surface area (Å²) in [6.45, 7) is 4.18. The van der Waals surface area contributed by atoms with Crippen LogP contribution >= 0.6 is 11.6 Å². The van der Waals surface area contributed by atoms with Crippen molar-refractivity contribution in [3.63, 3.8) is 0 Å². The Morgan fingerprint density at radius 2 is 2.29 bits per heavy atom. The molecule has 1 heterocycles. The van der Waals surface area contributed by atoms with Crippen molar-refractivity contribution in [1.29, 1.82) is 0 Å². The van der Waals surface area contributed by atoms with Gasteiger partial charge in [-0.05, 0) is 31.9 Å². The topological polar surface area (TPSA) is 75.8 Å². The number of unbranched alkanes of at least 4 members (excludes halogenated alkanes) is 1. The van der Waals surface area contributed by atoms with E-state index in [0.717, 1.165) is 32.4 Å². The van der Waals surface area contributed by atoms with Crippen molar-refractivity contribution in [2.45, 2.75) is 38.6 Å². The Labute approximate surface area is 148 Å². The maximum atomic E-state index is 11.5. The first kappa shape index (κ1) is 18.6. The zero-order valence-electron chi connectivity index (χ0n) is 14.2. The van der Waals surface area contributed by atoms with Crippen molar-refractivity contribution < 1.29 is 14.6 Å². The molecule has 0 aliphatic carbocycles. The van der Waals surface area contributed by atoms with Gasteiger partial charge in [0, 0.05) is 18.2 Å². The van der Waals surface area contributed by atoms with E-state index in [9.17, 15) is 9.90 Å². The number of benzene rings is 1. The van der Waals surface area contributed by atoms with Crippen molar-refractivity contribution in [1.82, 2.24) is 4.90 Å². The normalized spacial score (nSPS) is 17.9. The molecule has 0 radical (unpaired) electrons. The lowest BCUT2D eigenvalue weighted by molar-refractivity contribution is 0.0693. The number of ether oxygens (including phenoxy) is 1. The number of carboxylic acids is 1. The Balaban J connectivity index is 2.38. The summed E-state index contributed by atoms with van der Waals surface area (Å²) in [5.41, 5.74) is 7.25. The Bertz CT molecular complexity index is 631. The molecule has 0 saturated heterocycles. The van der Waals surface area contributed by atoms with E-state index in [1.165, 1.54) is 13.2 Å². The fraction of sp³-hybridized carbons (Fsp3) is 0.500. The summed E-state index contributed by atoms with van der Waals surface area (Å²) in [5, 5.41) is 9.66. The van der Waals surface area contributed by atoms with Crippen LogP contribution in [0.5, 0.6) is 5.75 Å². The number of nitrogen functional groups attached to an aromatic ring is 1. The number of nitrogens with zero attached hydrogens (tertiary/aromatic N) is 1. The highest BCUT2D eigenvalue weighted by Gasteiger charge is 2.25. The zero-order chi connectivity index (χ0) is 17.7. The third-order valence-corrected chi connectivity index (χ3v) is 4.74. The second-order valence-electron chi connectivity index (χ2n) is 6.01. The summed E-state index contributed by atoms with van der Waals surface area (Å²) in [7, 11) is 1.46. The quantitative estimate of drug-likeness (QED) is 0.579. The van der Waals surface area contributed by atoms with E-state index in [-0.39, 0.29) is 16.6 Å². The molecule has 3 N–H and O–H groups in total. The van der Waals surface area contributed by atoms with E-state index in [4.69, 9.17) is 22.1 Å². The van der Waals surface area contributed by atoms with Crippen LogP contribution in [0.3, 0.4) is 0 Å². The molecule has 132 valence electrons. The molecule has 0 bridgehead atoms. The van der Waals surface area contributed by atoms with Crippen molar-refractivity contribution >= 4 is 23.3 Å². The summed E-state index contributed by atoms with van der Waals surface area (Å²) < 4.78 is 5.37. The molecule has 1 aliphatic heterocycles. The predicted octanol–water partition coefficient (Wildman–Crippen LogP) is 3.60. The largest absolute Gasteiger partial charge is 0.495 e. The van der Waals surface area contributed by atoms with E-state index < -0.39 is 5.97 Å². The molecule has 0 spiro atoms. The fourth-order valence-corrected chi connectivity index (χ4v) is 3.34. The first-order chi connectivity index (χ1) is 11.5. The SMILES string of the molecule is CCCCN1CCC=CC1Cc1c(N)c(Cl)cc(C(=O)O)c1OC. The Morgan fingerprint density at radius 1 is 1.54 bits per heavy atom. The molecule has 1 unspecified atom stereocenters. The fourth-order valence-electron chi connectivity index (χ4n) is 3.12. The van der Waals surface area contributed by atoms with Crippen molar-refractivity contribution in [2.75, 3.05) is 25.9 Å².